The molecule has 2 aliphatic heterocycles. The molecule has 2 aliphatic rings. The number of nitrogens with one attached hydrogen (secondary N) is 1. The molecular formula is C23H30N6O3. The van der Waals surface area contributed by atoms with Crippen molar-refractivity contribution < 1.29 is 14.3 Å². The molecule has 0 radical (unpaired) electrons. The maximum atomic E-state index is 12.5. The van der Waals surface area contributed by atoms with Crippen molar-refractivity contribution in [2.24, 2.45) is 0 Å². The molecule has 1 N–H and O–H groups in total. The lowest BCUT2D eigenvalue weighted by molar-refractivity contribution is -0.130. The van der Waals surface area contributed by atoms with E-state index in [2.05, 4.69) is 20.1 Å². The Balaban J connectivity index is 1.23. The molecular weight excluding hydrogens is 408 g/mol. The van der Waals surface area contributed by atoms with Gasteiger partial charge in [-0.15, -0.1) is 0 Å². The maximum Gasteiger partial charge on any atom is 0.407 e. The molecule has 9 heteroatoms. The molecule has 1 aromatic carbocycles. The third kappa shape index (κ3) is 5.66. The van der Waals surface area contributed by atoms with Gasteiger partial charge in [-0.2, -0.15) is 4.98 Å². The molecule has 0 atom stereocenters. The Bertz CT molecular complexity index is 925. The zero-order valence-electron chi connectivity index (χ0n) is 18.5. The van der Waals surface area contributed by atoms with Gasteiger partial charge in [0.15, 0.2) is 0 Å². The number of nitrogens with zero attached hydrogens (tertiary/aromatic N) is 5. The van der Waals surface area contributed by atoms with Gasteiger partial charge in [-0.05, 0) is 25.3 Å². The third-order valence-corrected chi connectivity index (χ3v) is 5.77. The van der Waals surface area contributed by atoms with E-state index >= 15 is 0 Å². The summed E-state index contributed by atoms with van der Waals surface area (Å²) < 4.78 is 5.16. The van der Waals surface area contributed by atoms with E-state index in [1.807, 2.05) is 43.3 Å². The van der Waals surface area contributed by atoms with E-state index in [1.165, 1.54) is 12.8 Å². The molecule has 0 spiro atoms. The van der Waals surface area contributed by atoms with Gasteiger partial charge in [0.2, 0.25) is 11.9 Å². The molecule has 4 rings (SSSR count). The molecule has 0 aliphatic carbocycles. The van der Waals surface area contributed by atoms with Gasteiger partial charge in [-0.1, -0.05) is 30.3 Å². The van der Waals surface area contributed by atoms with Gasteiger partial charge in [-0.25, -0.2) is 9.78 Å². The fraction of sp³-hybridized carbons (Fsp3) is 0.478. The normalized spacial score (nSPS) is 16.2. The van der Waals surface area contributed by atoms with Crippen molar-refractivity contribution in [1.82, 2.24) is 20.2 Å². The minimum absolute atomic E-state index is 0.0701. The number of rotatable bonds is 6. The summed E-state index contributed by atoms with van der Waals surface area (Å²) in [6.07, 6.45) is 1.77. The Labute approximate surface area is 188 Å². The number of alkyl carbamates (subject to hydrolysis) is 1. The van der Waals surface area contributed by atoms with Crippen LogP contribution in [0.3, 0.4) is 0 Å². The van der Waals surface area contributed by atoms with E-state index in [-0.39, 0.29) is 19.1 Å². The van der Waals surface area contributed by atoms with Crippen molar-refractivity contribution in [2.75, 3.05) is 55.6 Å². The Hall–Kier alpha value is -3.36. The van der Waals surface area contributed by atoms with Crippen LogP contribution in [0.2, 0.25) is 0 Å². The lowest BCUT2D eigenvalue weighted by Crippen LogP contribution is -2.51. The zero-order chi connectivity index (χ0) is 22.3. The Kier molecular flexibility index (Phi) is 7.03. The number of carbonyl (C=O) groups excluding carboxylic acids is 2. The Morgan fingerprint density at radius 2 is 1.69 bits per heavy atom. The van der Waals surface area contributed by atoms with E-state index in [9.17, 15) is 9.59 Å². The van der Waals surface area contributed by atoms with E-state index in [1.54, 1.807) is 4.90 Å². The van der Waals surface area contributed by atoms with Crippen LogP contribution in [-0.2, 0) is 16.1 Å². The molecule has 1 aromatic heterocycles. The van der Waals surface area contributed by atoms with Crippen molar-refractivity contribution in [3.05, 3.63) is 47.7 Å². The summed E-state index contributed by atoms with van der Waals surface area (Å²) in [6.45, 7) is 6.67. The van der Waals surface area contributed by atoms with Crippen LogP contribution in [0.15, 0.2) is 36.4 Å². The first-order valence-corrected chi connectivity index (χ1v) is 11.2. The number of carbonyl (C=O) groups is 2. The van der Waals surface area contributed by atoms with Gasteiger partial charge < -0.3 is 24.8 Å². The number of amides is 2. The fourth-order valence-electron chi connectivity index (χ4n) is 3.98. The van der Waals surface area contributed by atoms with E-state index in [4.69, 9.17) is 9.72 Å². The van der Waals surface area contributed by atoms with Gasteiger partial charge in [-0.3, -0.25) is 4.79 Å². The van der Waals surface area contributed by atoms with E-state index < -0.39 is 6.09 Å². The van der Waals surface area contributed by atoms with Crippen LogP contribution in [0.4, 0.5) is 16.6 Å². The van der Waals surface area contributed by atoms with Gasteiger partial charge >= 0.3 is 6.09 Å². The first kappa shape index (κ1) is 21.9. The number of aryl methyl sites for hydroxylation is 1. The molecule has 170 valence electrons. The maximum absolute atomic E-state index is 12.5. The number of aromatic nitrogens is 2. The summed E-state index contributed by atoms with van der Waals surface area (Å²) in [5.74, 6) is 1.60. The lowest BCUT2D eigenvalue weighted by atomic mass is 10.2. The number of anilines is 2. The highest BCUT2D eigenvalue weighted by Gasteiger charge is 2.24. The topological polar surface area (TPSA) is 90.9 Å². The van der Waals surface area contributed by atoms with Crippen LogP contribution in [0.25, 0.3) is 0 Å². The predicted molar refractivity (Wildman–Crippen MR) is 122 cm³/mol. The second kappa shape index (κ2) is 10.3. The Morgan fingerprint density at radius 3 is 2.41 bits per heavy atom. The summed E-state index contributed by atoms with van der Waals surface area (Å²) in [7, 11) is 0. The highest BCUT2D eigenvalue weighted by molar-refractivity contribution is 5.82. The van der Waals surface area contributed by atoms with E-state index in [0.29, 0.717) is 26.2 Å². The minimum Gasteiger partial charge on any atom is -0.445 e. The van der Waals surface area contributed by atoms with Crippen LogP contribution in [-0.4, -0.2) is 72.7 Å². The number of hydrogen-bond acceptors (Lipinski definition) is 7. The molecule has 0 saturated carbocycles. The summed E-state index contributed by atoms with van der Waals surface area (Å²) in [5.41, 5.74) is 1.85. The summed E-state index contributed by atoms with van der Waals surface area (Å²) >= 11 is 0. The second-order valence-corrected chi connectivity index (χ2v) is 8.14. The molecule has 2 aromatic rings. The average Bonchev–Trinajstić information content (AvgIpc) is 3.37. The van der Waals surface area contributed by atoms with Crippen LogP contribution < -0.4 is 15.1 Å². The molecule has 32 heavy (non-hydrogen) atoms. The second-order valence-electron chi connectivity index (χ2n) is 8.14. The summed E-state index contributed by atoms with van der Waals surface area (Å²) in [6, 6.07) is 11.4. The van der Waals surface area contributed by atoms with Crippen LogP contribution >= 0.6 is 0 Å². The number of hydrogen-bond donors (Lipinski definition) is 1. The smallest absolute Gasteiger partial charge is 0.407 e. The SMILES string of the molecule is Cc1cc(N2CCN(C(=O)CNC(=O)OCc3ccccc3)CC2)nc(N2CCCC2)n1. The average molecular weight is 439 g/mol. The van der Waals surface area contributed by atoms with Crippen LogP contribution in [0, 0.1) is 6.92 Å². The zero-order valence-corrected chi connectivity index (χ0v) is 18.5. The first-order valence-electron chi connectivity index (χ1n) is 11.2. The standard InChI is InChI=1S/C23H30N6O3/c1-18-15-20(26-22(25-18)29-9-5-6-10-29)27-11-13-28(14-12-27)21(30)16-24-23(31)32-17-19-7-3-2-4-8-19/h2-4,7-8,15H,5-6,9-14,16-17H2,1H3,(H,24,31). The molecule has 9 nitrogen and oxygen atoms in total. The van der Waals surface area contributed by atoms with Gasteiger partial charge in [0, 0.05) is 51.0 Å². The highest BCUT2D eigenvalue weighted by Crippen LogP contribution is 2.21. The number of ether oxygens (including phenoxy) is 1. The monoisotopic (exact) mass is 438 g/mol. The molecule has 3 heterocycles. The van der Waals surface area contributed by atoms with Crippen LogP contribution in [0.1, 0.15) is 24.1 Å². The van der Waals surface area contributed by atoms with Crippen LogP contribution in [0.5, 0.6) is 0 Å². The molecule has 2 saturated heterocycles. The molecule has 2 amide bonds. The fourth-order valence-corrected chi connectivity index (χ4v) is 3.98. The van der Waals surface area contributed by atoms with Gasteiger partial charge in [0.25, 0.3) is 0 Å². The van der Waals surface area contributed by atoms with E-state index in [0.717, 1.165) is 36.1 Å². The van der Waals surface area contributed by atoms with Crippen molar-refractivity contribution in [3.63, 3.8) is 0 Å². The molecule has 0 bridgehead atoms. The van der Waals surface area contributed by atoms with Gasteiger partial charge in [0.1, 0.15) is 19.0 Å². The van der Waals surface area contributed by atoms with Crippen molar-refractivity contribution >= 4 is 23.8 Å². The highest BCUT2D eigenvalue weighted by atomic mass is 16.5. The van der Waals surface area contributed by atoms with Crippen molar-refractivity contribution in [3.8, 4) is 0 Å². The quantitative estimate of drug-likeness (QED) is 0.737. The number of piperazine rings is 1. The predicted octanol–water partition coefficient (Wildman–Crippen LogP) is 1.96. The summed E-state index contributed by atoms with van der Waals surface area (Å²) in [4.78, 5) is 40.0. The van der Waals surface area contributed by atoms with Crippen molar-refractivity contribution in [1.29, 1.82) is 0 Å². The largest absolute Gasteiger partial charge is 0.445 e. The first-order chi connectivity index (χ1) is 15.6. The van der Waals surface area contributed by atoms with Crippen molar-refractivity contribution in [2.45, 2.75) is 26.4 Å². The number of benzene rings is 1. The molecule has 2 fully saturated rings. The lowest BCUT2D eigenvalue weighted by Gasteiger charge is -2.35. The Morgan fingerprint density at radius 1 is 0.969 bits per heavy atom. The third-order valence-electron chi connectivity index (χ3n) is 5.77. The van der Waals surface area contributed by atoms with Gasteiger partial charge in [0.05, 0.1) is 0 Å². The molecule has 0 unspecified atom stereocenters. The minimum atomic E-state index is -0.591. The summed E-state index contributed by atoms with van der Waals surface area (Å²) in [5, 5.41) is 2.55.